The quantitative estimate of drug-likeness (QED) is 0.816. The summed E-state index contributed by atoms with van der Waals surface area (Å²) in [7, 11) is 0. The van der Waals surface area contributed by atoms with Crippen LogP contribution in [0.25, 0.3) is 0 Å². The van der Waals surface area contributed by atoms with Gasteiger partial charge in [0.1, 0.15) is 0 Å². The molecule has 0 heterocycles. The molecule has 6 heteroatoms. The minimum atomic E-state index is -4.26. The molecule has 2 rings (SSSR count). The Hall–Kier alpha value is -1.04. The molecule has 1 fully saturated rings. The third-order valence-corrected chi connectivity index (χ3v) is 4.53. The molecule has 1 amide bonds. The van der Waals surface area contributed by atoms with Gasteiger partial charge in [-0.05, 0) is 53.4 Å². The molecule has 21 heavy (non-hydrogen) atoms. The largest absolute Gasteiger partial charge is 0.393 e. The first-order chi connectivity index (χ1) is 9.79. The summed E-state index contributed by atoms with van der Waals surface area (Å²) in [5.74, 6) is -1.90. The fourth-order valence-electron chi connectivity index (χ4n) is 2.75. The Bertz CT molecular complexity index is 530. The lowest BCUT2D eigenvalue weighted by Crippen LogP contribution is -2.47. The number of hydrogen-bond acceptors (Lipinski definition) is 1. The van der Waals surface area contributed by atoms with Crippen LogP contribution in [0.5, 0.6) is 0 Å². The van der Waals surface area contributed by atoms with E-state index in [0.29, 0.717) is 29.3 Å². The molecule has 2 nitrogen and oxygen atoms in total. The topological polar surface area (TPSA) is 29.1 Å². The number of rotatable bonds is 2. The minimum Gasteiger partial charge on any atom is -0.349 e. The molecular formula is C15H17BrF3NO. The first kappa shape index (κ1) is 16.3. The van der Waals surface area contributed by atoms with Crippen LogP contribution >= 0.6 is 15.9 Å². The van der Waals surface area contributed by atoms with Crippen molar-refractivity contribution in [1.29, 1.82) is 0 Å². The standard InChI is InChI=1S/C15H17BrF3NO/c1-9-6-7-10(12(16)8-9)14(21)20-13-5-3-2-4-11(13)15(17,18)19/h6-8,11,13H,2-5H2,1H3,(H,20,21). The van der Waals surface area contributed by atoms with Crippen LogP contribution < -0.4 is 5.32 Å². The van der Waals surface area contributed by atoms with Gasteiger partial charge >= 0.3 is 6.18 Å². The van der Waals surface area contributed by atoms with Gasteiger partial charge in [0, 0.05) is 10.5 Å². The molecule has 0 aliphatic heterocycles. The normalized spacial score (nSPS) is 22.9. The van der Waals surface area contributed by atoms with Crippen molar-refractivity contribution in [2.24, 2.45) is 5.92 Å². The van der Waals surface area contributed by atoms with E-state index in [-0.39, 0.29) is 6.42 Å². The van der Waals surface area contributed by atoms with Gasteiger partial charge in [-0.15, -0.1) is 0 Å². The molecule has 0 radical (unpaired) electrons. The molecule has 0 bridgehead atoms. The van der Waals surface area contributed by atoms with E-state index in [0.717, 1.165) is 5.56 Å². The summed E-state index contributed by atoms with van der Waals surface area (Å²) in [6, 6.07) is 4.33. The molecule has 1 aliphatic rings. The lowest BCUT2D eigenvalue weighted by Gasteiger charge is -2.33. The predicted octanol–water partition coefficient (Wildman–Crippen LogP) is 4.61. The third-order valence-electron chi connectivity index (χ3n) is 3.87. The molecule has 1 N–H and O–H groups in total. The van der Waals surface area contributed by atoms with Crippen molar-refractivity contribution in [3.63, 3.8) is 0 Å². The van der Waals surface area contributed by atoms with Crippen molar-refractivity contribution in [3.05, 3.63) is 33.8 Å². The van der Waals surface area contributed by atoms with E-state index in [4.69, 9.17) is 0 Å². The highest BCUT2D eigenvalue weighted by molar-refractivity contribution is 9.10. The molecule has 0 aromatic heterocycles. The lowest BCUT2D eigenvalue weighted by molar-refractivity contribution is -0.187. The average Bonchev–Trinajstić information content (AvgIpc) is 2.37. The summed E-state index contributed by atoms with van der Waals surface area (Å²) in [6.45, 7) is 1.88. The lowest BCUT2D eigenvalue weighted by atomic mass is 9.84. The number of benzene rings is 1. The van der Waals surface area contributed by atoms with Crippen LogP contribution in [0.3, 0.4) is 0 Å². The zero-order valence-electron chi connectivity index (χ0n) is 11.6. The van der Waals surface area contributed by atoms with E-state index in [9.17, 15) is 18.0 Å². The van der Waals surface area contributed by atoms with Gasteiger partial charge < -0.3 is 5.32 Å². The Kier molecular flexibility index (Phi) is 4.96. The van der Waals surface area contributed by atoms with Crippen LogP contribution in [-0.2, 0) is 0 Å². The fourth-order valence-corrected chi connectivity index (χ4v) is 3.42. The van der Waals surface area contributed by atoms with Gasteiger partial charge in [-0.25, -0.2) is 0 Å². The van der Waals surface area contributed by atoms with Gasteiger partial charge in [-0.2, -0.15) is 13.2 Å². The SMILES string of the molecule is Cc1ccc(C(=O)NC2CCCCC2C(F)(F)F)c(Br)c1. The summed E-state index contributed by atoms with van der Waals surface area (Å²) in [5.41, 5.74) is 1.34. The maximum atomic E-state index is 13.0. The molecule has 0 spiro atoms. The molecule has 2 atom stereocenters. The number of halogens is 4. The molecule has 1 aromatic carbocycles. The maximum absolute atomic E-state index is 13.0. The zero-order valence-corrected chi connectivity index (χ0v) is 13.2. The fraction of sp³-hybridized carbons (Fsp3) is 0.533. The first-order valence-electron chi connectivity index (χ1n) is 6.93. The highest BCUT2D eigenvalue weighted by Gasteiger charge is 2.46. The first-order valence-corrected chi connectivity index (χ1v) is 7.72. The number of alkyl halides is 3. The second-order valence-corrected chi connectivity index (χ2v) is 6.35. The molecule has 116 valence electrons. The van der Waals surface area contributed by atoms with Crippen LogP contribution in [0.4, 0.5) is 13.2 Å². The molecule has 2 unspecified atom stereocenters. The molecular weight excluding hydrogens is 347 g/mol. The Labute approximate surface area is 130 Å². The molecule has 1 aromatic rings. The zero-order chi connectivity index (χ0) is 15.6. The smallest absolute Gasteiger partial charge is 0.349 e. The van der Waals surface area contributed by atoms with E-state index in [2.05, 4.69) is 21.2 Å². The second-order valence-electron chi connectivity index (χ2n) is 5.50. The van der Waals surface area contributed by atoms with Gasteiger partial charge in [-0.3, -0.25) is 4.79 Å². The Balaban J connectivity index is 2.13. The van der Waals surface area contributed by atoms with Crippen molar-refractivity contribution in [2.75, 3.05) is 0 Å². The average molecular weight is 364 g/mol. The maximum Gasteiger partial charge on any atom is 0.393 e. The van der Waals surface area contributed by atoms with Crippen LogP contribution in [-0.4, -0.2) is 18.1 Å². The van der Waals surface area contributed by atoms with Crippen LogP contribution in [0.15, 0.2) is 22.7 Å². The van der Waals surface area contributed by atoms with E-state index in [1.165, 1.54) is 0 Å². The van der Waals surface area contributed by atoms with E-state index >= 15 is 0 Å². The Morgan fingerprint density at radius 3 is 2.57 bits per heavy atom. The van der Waals surface area contributed by atoms with Crippen LogP contribution in [0, 0.1) is 12.8 Å². The van der Waals surface area contributed by atoms with Crippen molar-refractivity contribution in [3.8, 4) is 0 Å². The molecule has 1 saturated carbocycles. The van der Waals surface area contributed by atoms with Crippen LogP contribution in [0.2, 0.25) is 0 Å². The second kappa shape index (κ2) is 6.38. The van der Waals surface area contributed by atoms with E-state index in [1.54, 1.807) is 18.2 Å². The highest BCUT2D eigenvalue weighted by atomic mass is 79.9. The number of carbonyl (C=O) groups is 1. The van der Waals surface area contributed by atoms with Gasteiger partial charge in [0.15, 0.2) is 0 Å². The number of carbonyl (C=O) groups excluding carboxylic acids is 1. The number of amides is 1. The monoisotopic (exact) mass is 363 g/mol. The number of aryl methyl sites for hydroxylation is 1. The summed E-state index contributed by atoms with van der Waals surface area (Å²) in [4.78, 5) is 12.2. The summed E-state index contributed by atoms with van der Waals surface area (Å²) < 4.78 is 39.6. The summed E-state index contributed by atoms with van der Waals surface area (Å²) >= 11 is 3.28. The summed E-state index contributed by atoms with van der Waals surface area (Å²) in [5, 5.41) is 2.56. The number of hydrogen-bond donors (Lipinski definition) is 1. The molecule has 0 saturated heterocycles. The summed E-state index contributed by atoms with van der Waals surface area (Å²) in [6.07, 6.45) is -2.52. The van der Waals surface area contributed by atoms with E-state index in [1.807, 2.05) is 6.92 Å². The third kappa shape index (κ3) is 3.99. The Morgan fingerprint density at radius 2 is 1.95 bits per heavy atom. The van der Waals surface area contributed by atoms with Gasteiger partial charge in [-0.1, -0.05) is 18.9 Å². The van der Waals surface area contributed by atoms with Crippen molar-refractivity contribution < 1.29 is 18.0 Å². The number of nitrogens with one attached hydrogen (secondary N) is 1. The predicted molar refractivity (Wildman–Crippen MR) is 78.1 cm³/mol. The van der Waals surface area contributed by atoms with Gasteiger partial charge in [0.2, 0.25) is 0 Å². The molecule has 1 aliphatic carbocycles. The van der Waals surface area contributed by atoms with Crippen molar-refractivity contribution in [1.82, 2.24) is 5.32 Å². The highest BCUT2D eigenvalue weighted by Crippen LogP contribution is 2.37. The van der Waals surface area contributed by atoms with Crippen LogP contribution in [0.1, 0.15) is 41.6 Å². The van der Waals surface area contributed by atoms with Crippen molar-refractivity contribution >= 4 is 21.8 Å². The van der Waals surface area contributed by atoms with Crippen molar-refractivity contribution in [2.45, 2.75) is 44.8 Å². The minimum absolute atomic E-state index is 0.0868. The Morgan fingerprint density at radius 1 is 1.29 bits per heavy atom. The van der Waals surface area contributed by atoms with Gasteiger partial charge in [0.05, 0.1) is 11.5 Å². The van der Waals surface area contributed by atoms with Gasteiger partial charge in [0.25, 0.3) is 5.91 Å². The van der Waals surface area contributed by atoms with E-state index < -0.39 is 24.0 Å².